The summed E-state index contributed by atoms with van der Waals surface area (Å²) in [5.74, 6) is 1.96. The molecule has 3 fully saturated rings. The molecule has 5 heterocycles. The van der Waals surface area contributed by atoms with Crippen molar-refractivity contribution in [3.63, 3.8) is 0 Å². The van der Waals surface area contributed by atoms with Crippen LogP contribution in [0.1, 0.15) is 51.0 Å². The molecule has 3 saturated heterocycles. The van der Waals surface area contributed by atoms with Gasteiger partial charge >= 0.3 is 6.01 Å². The third-order valence-corrected chi connectivity index (χ3v) is 10.5. The maximum atomic E-state index is 17.0. The van der Waals surface area contributed by atoms with Gasteiger partial charge in [-0.3, -0.25) is 14.7 Å². The molecule has 0 radical (unpaired) electrons. The van der Waals surface area contributed by atoms with Crippen LogP contribution in [0, 0.1) is 34.9 Å². The monoisotopic (exact) mass is 659 g/mol. The van der Waals surface area contributed by atoms with Gasteiger partial charge in [-0.25, -0.2) is 4.39 Å². The fourth-order valence-electron chi connectivity index (χ4n) is 7.99. The zero-order valence-corrected chi connectivity index (χ0v) is 27.5. The average Bonchev–Trinajstić information content (AvgIpc) is 3.64. The van der Waals surface area contributed by atoms with Crippen LogP contribution in [0.25, 0.3) is 32.9 Å². The molecular weight excluding hydrogens is 621 g/mol. The third-order valence-electron chi connectivity index (χ3n) is 10.5. The van der Waals surface area contributed by atoms with Crippen molar-refractivity contribution in [3.8, 4) is 41.4 Å². The number of hydrogen-bond donors (Lipinski definition) is 2. The summed E-state index contributed by atoms with van der Waals surface area (Å²) >= 11 is 0. The minimum atomic E-state index is -0.717. The molecule has 2 aromatic heterocycles. The molecule has 49 heavy (non-hydrogen) atoms. The van der Waals surface area contributed by atoms with Crippen LogP contribution in [0.3, 0.4) is 0 Å². The summed E-state index contributed by atoms with van der Waals surface area (Å²) in [5, 5.41) is 25.2. The number of hydrogen-bond acceptors (Lipinski definition) is 9. The quantitative estimate of drug-likeness (QED) is 0.196. The van der Waals surface area contributed by atoms with E-state index in [0.717, 1.165) is 38.8 Å². The van der Waals surface area contributed by atoms with E-state index >= 15 is 4.39 Å². The van der Waals surface area contributed by atoms with Gasteiger partial charge in [0, 0.05) is 41.8 Å². The molecule has 250 valence electrons. The Balaban J connectivity index is 1.38. The largest absolute Gasteiger partial charge is 0.508 e. The highest BCUT2D eigenvalue weighted by Gasteiger charge is 2.45. The molecule has 7 rings (SSSR count). The topological polar surface area (TPSA) is 128 Å². The predicted molar refractivity (Wildman–Crippen MR) is 185 cm³/mol. The molecule has 0 saturated carbocycles. The van der Waals surface area contributed by atoms with Crippen LogP contribution in [-0.2, 0) is 4.79 Å². The van der Waals surface area contributed by atoms with Gasteiger partial charge in [-0.05, 0) is 88.2 Å². The van der Waals surface area contributed by atoms with Gasteiger partial charge in [-0.15, -0.1) is 6.42 Å². The Kier molecular flexibility index (Phi) is 8.33. The number of phenols is 1. The van der Waals surface area contributed by atoms with Crippen LogP contribution in [0.5, 0.6) is 11.8 Å². The van der Waals surface area contributed by atoms with E-state index in [9.17, 15) is 15.2 Å². The van der Waals surface area contributed by atoms with E-state index in [-0.39, 0.29) is 34.4 Å². The number of amides is 1. The van der Waals surface area contributed by atoms with Crippen LogP contribution in [0.4, 0.5) is 10.2 Å². The smallest absolute Gasteiger partial charge is 0.319 e. The van der Waals surface area contributed by atoms with E-state index in [1.807, 2.05) is 11.8 Å². The van der Waals surface area contributed by atoms with Gasteiger partial charge in [0.05, 0.1) is 22.4 Å². The van der Waals surface area contributed by atoms with Gasteiger partial charge in [-0.2, -0.15) is 15.2 Å². The lowest BCUT2D eigenvalue weighted by Gasteiger charge is -2.31. The van der Waals surface area contributed by atoms with Crippen LogP contribution < -0.4 is 15.0 Å². The SMILES string of the molecule is C#Cc1cccc2cc(O)cc(-c3ncc4c(N5CC[C@@](C)(C#N)C[C@@H](NC(=O)C=C)C5)nc(OCC56CCCN5CCC6)nc4c3F)c12. The number of carbonyl (C=O) groups excluding carboxylic acids is 1. The molecule has 1 amide bonds. The van der Waals surface area contributed by atoms with Crippen LogP contribution in [0.2, 0.25) is 0 Å². The molecule has 3 aliphatic heterocycles. The van der Waals surface area contributed by atoms with Crippen molar-refractivity contribution < 1.29 is 19.0 Å². The highest BCUT2D eigenvalue weighted by Crippen LogP contribution is 2.41. The van der Waals surface area contributed by atoms with E-state index in [1.165, 1.54) is 18.3 Å². The van der Waals surface area contributed by atoms with E-state index in [1.54, 1.807) is 24.3 Å². The van der Waals surface area contributed by atoms with Gasteiger partial charge in [0.1, 0.15) is 29.4 Å². The third kappa shape index (κ3) is 5.89. The number of nitrogens with one attached hydrogen (secondary N) is 1. The number of terminal acetylenes is 1. The fourth-order valence-corrected chi connectivity index (χ4v) is 7.99. The summed E-state index contributed by atoms with van der Waals surface area (Å²) in [5.41, 5.74) is 0.0485. The lowest BCUT2D eigenvalue weighted by atomic mass is 9.83. The zero-order chi connectivity index (χ0) is 34.3. The first-order chi connectivity index (χ1) is 23.7. The zero-order valence-electron chi connectivity index (χ0n) is 27.5. The summed E-state index contributed by atoms with van der Waals surface area (Å²) < 4.78 is 23.4. The molecular formula is C38H38FN7O3. The Labute approximate surface area is 284 Å². The molecule has 0 unspecified atom stereocenters. The molecule has 0 spiro atoms. The number of benzene rings is 2. The number of ether oxygens (including phenoxy) is 1. The average molecular weight is 660 g/mol. The minimum Gasteiger partial charge on any atom is -0.508 e. The molecule has 2 aromatic carbocycles. The number of fused-ring (bicyclic) bond motifs is 3. The normalized spacial score (nSPS) is 21.9. The Morgan fingerprint density at radius 2 is 2.04 bits per heavy atom. The number of carbonyl (C=O) groups is 1. The van der Waals surface area contributed by atoms with Crippen molar-refractivity contribution in [1.82, 2.24) is 25.2 Å². The summed E-state index contributed by atoms with van der Waals surface area (Å²) in [6.07, 6.45) is 13.7. The summed E-state index contributed by atoms with van der Waals surface area (Å²) in [6, 6.07) is 10.4. The van der Waals surface area contributed by atoms with Crippen molar-refractivity contribution in [2.24, 2.45) is 5.41 Å². The number of halogens is 1. The highest BCUT2D eigenvalue weighted by atomic mass is 19.1. The number of nitrogens with zero attached hydrogens (tertiary/aromatic N) is 6. The molecule has 0 bridgehead atoms. The van der Waals surface area contributed by atoms with Crippen LogP contribution in [0.15, 0.2) is 49.2 Å². The second kappa shape index (κ2) is 12.6. The number of aromatic hydroxyl groups is 1. The summed E-state index contributed by atoms with van der Waals surface area (Å²) in [6.45, 7) is 8.62. The Morgan fingerprint density at radius 1 is 1.24 bits per heavy atom. The Bertz CT molecular complexity index is 2060. The lowest BCUT2D eigenvalue weighted by molar-refractivity contribution is -0.117. The molecule has 3 aliphatic rings. The van der Waals surface area contributed by atoms with Crippen molar-refractivity contribution in [1.29, 1.82) is 5.26 Å². The van der Waals surface area contributed by atoms with Gasteiger partial charge in [0.15, 0.2) is 5.82 Å². The Morgan fingerprint density at radius 3 is 2.78 bits per heavy atom. The maximum absolute atomic E-state index is 17.0. The van der Waals surface area contributed by atoms with Gasteiger partial charge < -0.3 is 20.1 Å². The number of rotatable bonds is 7. The number of nitriles is 1. The van der Waals surface area contributed by atoms with Crippen molar-refractivity contribution in [3.05, 3.63) is 60.6 Å². The molecule has 10 nitrogen and oxygen atoms in total. The predicted octanol–water partition coefficient (Wildman–Crippen LogP) is 5.48. The Hall–Kier alpha value is -5.26. The number of phenolic OH excluding ortho intramolecular Hbond substituents is 1. The molecule has 4 aromatic rings. The first kappa shape index (κ1) is 32.3. The van der Waals surface area contributed by atoms with Crippen molar-refractivity contribution >= 4 is 33.4 Å². The second-order valence-corrected chi connectivity index (χ2v) is 13.7. The molecule has 2 atom stereocenters. The van der Waals surface area contributed by atoms with E-state index in [0.29, 0.717) is 65.6 Å². The minimum absolute atomic E-state index is 0.00542. The summed E-state index contributed by atoms with van der Waals surface area (Å²) in [7, 11) is 0. The number of anilines is 1. The van der Waals surface area contributed by atoms with E-state index in [4.69, 9.17) is 16.1 Å². The van der Waals surface area contributed by atoms with Crippen molar-refractivity contribution in [2.45, 2.75) is 57.0 Å². The lowest BCUT2D eigenvalue weighted by Crippen LogP contribution is -2.44. The van der Waals surface area contributed by atoms with Crippen molar-refractivity contribution in [2.75, 3.05) is 37.7 Å². The van der Waals surface area contributed by atoms with Gasteiger partial charge in [0.25, 0.3) is 0 Å². The number of pyridine rings is 1. The summed E-state index contributed by atoms with van der Waals surface area (Å²) in [4.78, 5) is 30.9. The number of aromatic nitrogens is 3. The van der Waals surface area contributed by atoms with E-state index < -0.39 is 17.3 Å². The van der Waals surface area contributed by atoms with Gasteiger partial charge in [0.2, 0.25) is 5.91 Å². The maximum Gasteiger partial charge on any atom is 0.319 e. The van der Waals surface area contributed by atoms with Crippen LogP contribution >= 0.6 is 0 Å². The standard InChI is InChI=1S/C38H38FN7O3/c1-4-24-9-6-10-25-17-27(47)18-28(31(24)25)33-32(39)34-29(20-41-33)35(44-36(43-34)49-23-38-11-7-14-46(38)15-8-12-38)45-16-13-37(3,22-40)19-26(21-45)42-30(48)5-2/h1,5-6,9-10,17-18,20,26,47H,2,7-8,11-16,19,21,23H2,3H3,(H,42,48)/t26-,37-/m1/s1. The fraction of sp³-hybridized carbons (Fsp3) is 0.395. The molecule has 11 heteroatoms. The second-order valence-electron chi connectivity index (χ2n) is 13.7. The first-order valence-electron chi connectivity index (χ1n) is 16.7. The highest BCUT2D eigenvalue weighted by molar-refractivity contribution is 6.02. The van der Waals surface area contributed by atoms with E-state index in [2.05, 4.69) is 38.8 Å². The van der Waals surface area contributed by atoms with Crippen LogP contribution in [-0.4, -0.2) is 75.2 Å². The molecule has 0 aliphatic carbocycles. The van der Waals surface area contributed by atoms with Gasteiger partial charge in [-0.1, -0.05) is 24.6 Å². The first-order valence-corrected chi connectivity index (χ1v) is 16.7. The molecule has 2 N–H and O–H groups in total.